The third-order valence-electron chi connectivity index (χ3n) is 3.60. The summed E-state index contributed by atoms with van der Waals surface area (Å²) in [4.78, 5) is 7.01. The summed E-state index contributed by atoms with van der Waals surface area (Å²) in [7, 11) is 0. The van der Waals surface area contributed by atoms with Crippen LogP contribution in [0.5, 0.6) is 0 Å². The van der Waals surface area contributed by atoms with E-state index in [1.165, 1.54) is 36.5 Å². The summed E-state index contributed by atoms with van der Waals surface area (Å²) >= 11 is 0. The fourth-order valence-electron chi connectivity index (χ4n) is 2.46. The molecule has 3 heteroatoms. The Morgan fingerprint density at radius 1 is 1.05 bits per heavy atom. The zero-order valence-corrected chi connectivity index (χ0v) is 12.6. The number of aromatic nitrogens is 1. The third kappa shape index (κ3) is 3.41. The first kappa shape index (κ1) is 14.6. The monoisotopic (exact) mass is 271 g/mol. The highest BCUT2D eigenvalue weighted by Gasteiger charge is 2.12. The number of anilines is 2. The van der Waals surface area contributed by atoms with Gasteiger partial charge in [0.2, 0.25) is 0 Å². The number of nitrogen functional groups attached to an aromatic ring is 1. The van der Waals surface area contributed by atoms with E-state index in [9.17, 15) is 0 Å². The van der Waals surface area contributed by atoms with Gasteiger partial charge in [0.15, 0.2) is 0 Å². The van der Waals surface area contributed by atoms with Gasteiger partial charge in [-0.25, -0.2) is 4.98 Å². The molecule has 0 aliphatic heterocycles. The molecule has 2 aromatic rings. The predicted molar refractivity (Wildman–Crippen MR) is 88.2 cm³/mol. The second-order valence-electron chi connectivity index (χ2n) is 5.29. The molecule has 0 spiro atoms. The number of nitrogens with two attached hydrogens (primary N) is 1. The van der Waals surface area contributed by atoms with Crippen LogP contribution in [0.1, 0.15) is 39.5 Å². The first-order valence-corrected chi connectivity index (χ1v) is 7.66. The van der Waals surface area contributed by atoms with Crippen LogP contribution in [0.3, 0.4) is 0 Å². The first-order valence-electron chi connectivity index (χ1n) is 7.66. The molecule has 0 unspecified atom stereocenters. The lowest BCUT2D eigenvalue weighted by atomic mass is 10.1. The fourth-order valence-corrected chi connectivity index (χ4v) is 2.46. The van der Waals surface area contributed by atoms with E-state index in [4.69, 9.17) is 5.73 Å². The smallest absolute Gasteiger partial charge is 0.138 e. The Bertz CT molecular complexity index is 543. The van der Waals surface area contributed by atoms with Crippen LogP contribution in [0.4, 0.5) is 11.6 Å². The minimum Gasteiger partial charge on any atom is -0.384 e. The summed E-state index contributed by atoms with van der Waals surface area (Å²) < 4.78 is 0. The highest BCUT2D eigenvalue weighted by atomic mass is 15.2. The summed E-state index contributed by atoms with van der Waals surface area (Å²) in [6.07, 6.45) is 4.77. The number of fused-ring (bicyclic) bond motifs is 1. The molecule has 0 aliphatic carbocycles. The van der Waals surface area contributed by atoms with Gasteiger partial charge in [0, 0.05) is 18.5 Å². The molecule has 0 aliphatic rings. The Labute approximate surface area is 121 Å². The van der Waals surface area contributed by atoms with Crippen LogP contribution in [0.15, 0.2) is 30.3 Å². The van der Waals surface area contributed by atoms with Crippen molar-refractivity contribution in [2.75, 3.05) is 23.7 Å². The van der Waals surface area contributed by atoms with E-state index in [1.54, 1.807) is 0 Å². The van der Waals surface area contributed by atoms with Gasteiger partial charge in [-0.2, -0.15) is 0 Å². The van der Waals surface area contributed by atoms with Crippen molar-refractivity contribution in [3.63, 3.8) is 0 Å². The largest absolute Gasteiger partial charge is 0.384 e. The van der Waals surface area contributed by atoms with E-state index < -0.39 is 0 Å². The second-order valence-corrected chi connectivity index (χ2v) is 5.29. The quantitative estimate of drug-likeness (QED) is 0.819. The molecule has 0 fully saturated rings. The lowest BCUT2D eigenvalue weighted by molar-refractivity contribution is 0.673. The average Bonchev–Trinajstić information content (AvgIpc) is 2.46. The Morgan fingerprint density at radius 2 is 1.70 bits per heavy atom. The molecule has 2 rings (SSSR count). The normalized spacial score (nSPS) is 10.9. The van der Waals surface area contributed by atoms with Crippen LogP contribution in [0, 0.1) is 0 Å². The molecular formula is C17H25N3. The number of nitrogens with zero attached hydrogens (tertiary/aromatic N) is 2. The topological polar surface area (TPSA) is 42.2 Å². The van der Waals surface area contributed by atoms with Gasteiger partial charge in [-0.1, -0.05) is 51.0 Å². The predicted octanol–water partition coefficient (Wildman–Crippen LogP) is 4.22. The van der Waals surface area contributed by atoms with Gasteiger partial charge < -0.3 is 10.6 Å². The Balaban J connectivity index is 2.39. The van der Waals surface area contributed by atoms with Gasteiger partial charge in [-0.15, -0.1) is 0 Å². The van der Waals surface area contributed by atoms with Crippen LogP contribution < -0.4 is 10.6 Å². The van der Waals surface area contributed by atoms with Crippen molar-refractivity contribution in [3.8, 4) is 0 Å². The Hall–Kier alpha value is -1.77. The number of hydrogen-bond donors (Lipinski definition) is 1. The van der Waals surface area contributed by atoms with Gasteiger partial charge in [0.1, 0.15) is 11.6 Å². The maximum Gasteiger partial charge on any atom is 0.138 e. The molecule has 20 heavy (non-hydrogen) atoms. The highest BCUT2D eigenvalue weighted by Crippen LogP contribution is 2.27. The molecule has 0 radical (unpaired) electrons. The van der Waals surface area contributed by atoms with Crippen molar-refractivity contribution in [1.82, 2.24) is 4.98 Å². The maximum atomic E-state index is 5.98. The van der Waals surface area contributed by atoms with Crippen molar-refractivity contribution in [3.05, 3.63) is 30.3 Å². The lowest BCUT2D eigenvalue weighted by Crippen LogP contribution is -2.27. The Kier molecular flexibility index (Phi) is 5.22. The molecule has 0 atom stereocenters. The third-order valence-corrected chi connectivity index (χ3v) is 3.60. The fraction of sp³-hybridized carbons (Fsp3) is 0.471. The van der Waals surface area contributed by atoms with Crippen LogP contribution >= 0.6 is 0 Å². The molecular weight excluding hydrogens is 246 g/mol. The summed E-state index contributed by atoms with van der Waals surface area (Å²) in [5.74, 6) is 1.65. The second kappa shape index (κ2) is 7.13. The van der Waals surface area contributed by atoms with E-state index in [0.29, 0.717) is 5.82 Å². The summed E-state index contributed by atoms with van der Waals surface area (Å²) in [5, 5.41) is 2.38. The van der Waals surface area contributed by atoms with E-state index in [1.807, 2.05) is 12.1 Å². The highest BCUT2D eigenvalue weighted by molar-refractivity contribution is 5.94. The van der Waals surface area contributed by atoms with Crippen LogP contribution in [0.2, 0.25) is 0 Å². The van der Waals surface area contributed by atoms with E-state index in [0.717, 1.165) is 18.9 Å². The molecule has 0 saturated carbocycles. The SMILES string of the molecule is CCCCN(CCCC)c1nc(N)cc2ccccc12. The van der Waals surface area contributed by atoms with Gasteiger partial charge in [-0.3, -0.25) is 0 Å². The van der Waals surface area contributed by atoms with Gasteiger partial charge in [0.25, 0.3) is 0 Å². The van der Waals surface area contributed by atoms with Crippen LogP contribution in [0.25, 0.3) is 10.8 Å². The minimum absolute atomic E-state index is 0.608. The van der Waals surface area contributed by atoms with Gasteiger partial charge >= 0.3 is 0 Å². The zero-order chi connectivity index (χ0) is 14.4. The minimum atomic E-state index is 0.608. The summed E-state index contributed by atoms with van der Waals surface area (Å²) in [6.45, 7) is 6.56. The number of unbranched alkanes of at least 4 members (excludes halogenated alkanes) is 2. The number of rotatable bonds is 7. The van der Waals surface area contributed by atoms with Gasteiger partial charge in [-0.05, 0) is 24.3 Å². The lowest BCUT2D eigenvalue weighted by Gasteiger charge is -2.25. The molecule has 3 nitrogen and oxygen atoms in total. The zero-order valence-electron chi connectivity index (χ0n) is 12.6. The standard InChI is InChI=1S/C17H25N3/c1-3-5-11-20(12-6-4-2)17-15-10-8-7-9-14(15)13-16(18)19-17/h7-10,13H,3-6,11-12H2,1-2H3,(H2,18,19). The number of hydrogen-bond acceptors (Lipinski definition) is 3. The molecule has 2 N–H and O–H groups in total. The molecule has 1 aromatic carbocycles. The van der Waals surface area contributed by atoms with Crippen molar-refractivity contribution in [2.45, 2.75) is 39.5 Å². The average molecular weight is 271 g/mol. The van der Waals surface area contributed by atoms with Crippen molar-refractivity contribution >= 4 is 22.4 Å². The van der Waals surface area contributed by atoms with Gasteiger partial charge in [0.05, 0.1) is 0 Å². The molecule has 0 amide bonds. The summed E-state index contributed by atoms with van der Waals surface area (Å²) in [6, 6.07) is 10.3. The van der Waals surface area contributed by atoms with Crippen molar-refractivity contribution in [1.29, 1.82) is 0 Å². The molecule has 0 saturated heterocycles. The number of benzene rings is 1. The summed E-state index contributed by atoms with van der Waals surface area (Å²) in [5.41, 5.74) is 5.98. The Morgan fingerprint density at radius 3 is 2.35 bits per heavy atom. The molecule has 1 aromatic heterocycles. The van der Waals surface area contributed by atoms with Crippen LogP contribution in [-0.4, -0.2) is 18.1 Å². The van der Waals surface area contributed by atoms with Crippen molar-refractivity contribution in [2.24, 2.45) is 0 Å². The first-order chi connectivity index (χ1) is 9.76. The number of pyridine rings is 1. The van der Waals surface area contributed by atoms with E-state index in [-0.39, 0.29) is 0 Å². The molecule has 1 heterocycles. The molecule has 0 bridgehead atoms. The van der Waals surface area contributed by atoms with Crippen molar-refractivity contribution < 1.29 is 0 Å². The van der Waals surface area contributed by atoms with E-state index >= 15 is 0 Å². The maximum absolute atomic E-state index is 5.98. The molecule has 108 valence electrons. The van der Waals surface area contributed by atoms with E-state index in [2.05, 4.69) is 41.9 Å². The van der Waals surface area contributed by atoms with Crippen LogP contribution in [-0.2, 0) is 0 Å².